The minimum atomic E-state index is -1.05. The van der Waals surface area contributed by atoms with Gasteiger partial charge >= 0.3 is 5.97 Å². The summed E-state index contributed by atoms with van der Waals surface area (Å²) in [6.45, 7) is 11.2. The minimum absolute atomic E-state index is 0.00385. The maximum atomic E-state index is 11.4. The van der Waals surface area contributed by atoms with Crippen LogP contribution in [0.2, 0.25) is 0 Å². The van der Waals surface area contributed by atoms with Crippen molar-refractivity contribution >= 4 is 5.97 Å². The van der Waals surface area contributed by atoms with Crippen LogP contribution in [0, 0.1) is 5.92 Å². The molecule has 1 aromatic carbocycles. The molecule has 22 heavy (non-hydrogen) atoms. The van der Waals surface area contributed by atoms with Crippen LogP contribution in [-0.4, -0.2) is 26.1 Å². The Labute approximate surface area is 131 Å². The highest BCUT2D eigenvalue weighted by atomic mass is 16.4. The summed E-state index contributed by atoms with van der Waals surface area (Å²) >= 11 is 0. The Morgan fingerprint density at radius 2 is 1.82 bits per heavy atom. The van der Waals surface area contributed by atoms with Crippen LogP contribution in [0.5, 0.6) is 0 Å². The lowest BCUT2D eigenvalue weighted by Gasteiger charge is -2.19. The highest BCUT2D eigenvalue weighted by Crippen LogP contribution is 2.27. The van der Waals surface area contributed by atoms with Crippen LogP contribution in [0.15, 0.2) is 24.3 Å². The number of aromatic carboxylic acids is 1. The SMILES string of the molecule is CC(C)Cn1nnc(C(=O)O)c1-c1ccc(C(C)(C)C)cc1. The molecule has 5 heteroatoms. The Balaban J connectivity index is 2.50. The molecule has 0 spiro atoms. The van der Waals surface area contributed by atoms with E-state index in [1.807, 2.05) is 24.3 Å². The van der Waals surface area contributed by atoms with Gasteiger partial charge in [-0.3, -0.25) is 0 Å². The molecule has 0 saturated carbocycles. The average molecular weight is 301 g/mol. The Hall–Kier alpha value is -2.17. The van der Waals surface area contributed by atoms with E-state index < -0.39 is 5.97 Å². The zero-order valence-electron chi connectivity index (χ0n) is 13.8. The monoisotopic (exact) mass is 301 g/mol. The molecule has 5 nitrogen and oxygen atoms in total. The lowest BCUT2D eigenvalue weighted by molar-refractivity contribution is 0.0691. The lowest BCUT2D eigenvalue weighted by Crippen LogP contribution is -2.11. The molecule has 118 valence electrons. The zero-order valence-corrected chi connectivity index (χ0v) is 13.8. The van der Waals surface area contributed by atoms with Crippen molar-refractivity contribution in [3.05, 3.63) is 35.5 Å². The van der Waals surface area contributed by atoms with Crippen molar-refractivity contribution in [3.63, 3.8) is 0 Å². The van der Waals surface area contributed by atoms with Gasteiger partial charge in [0.1, 0.15) is 5.69 Å². The largest absolute Gasteiger partial charge is 0.476 e. The molecule has 0 aliphatic heterocycles. The summed E-state index contributed by atoms with van der Waals surface area (Å²) in [7, 11) is 0. The van der Waals surface area contributed by atoms with E-state index in [4.69, 9.17) is 0 Å². The normalized spacial score (nSPS) is 11.9. The van der Waals surface area contributed by atoms with E-state index in [0.717, 1.165) is 5.56 Å². The molecule has 0 saturated heterocycles. The zero-order chi connectivity index (χ0) is 16.5. The Morgan fingerprint density at radius 1 is 1.23 bits per heavy atom. The molecule has 0 unspecified atom stereocenters. The second kappa shape index (κ2) is 5.91. The molecule has 2 aromatic rings. The molecular weight excluding hydrogens is 278 g/mol. The Bertz CT molecular complexity index is 664. The van der Waals surface area contributed by atoms with Gasteiger partial charge in [0.25, 0.3) is 0 Å². The van der Waals surface area contributed by atoms with Crippen LogP contribution in [0.1, 0.15) is 50.7 Å². The lowest BCUT2D eigenvalue weighted by atomic mass is 9.86. The predicted molar refractivity (Wildman–Crippen MR) is 86.0 cm³/mol. The highest BCUT2D eigenvalue weighted by molar-refractivity contribution is 5.92. The second-order valence-electron chi connectivity index (χ2n) is 7.00. The van der Waals surface area contributed by atoms with E-state index in [-0.39, 0.29) is 11.1 Å². The van der Waals surface area contributed by atoms with Gasteiger partial charge in [0.05, 0.1) is 0 Å². The Kier molecular flexibility index (Phi) is 4.35. The summed E-state index contributed by atoms with van der Waals surface area (Å²) in [5.41, 5.74) is 2.67. The van der Waals surface area contributed by atoms with E-state index in [9.17, 15) is 9.90 Å². The van der Waals surface area contributed by atoms with E-state index in [2.05, 4.69) is 44.9 Å². The number of hydrogen-bond donors (Lipinski definition) is 1. The van der Waals surface area contributed by atoms with E-state index in [1.54, 1.807) is 4.68 Å². The molecular formula is C17H23N3O2. The van der Waals surface area contributed by atoms with Gasteiger partial charge in [0, 0.05) is 12.1 Å². The molecule has 0 aliphatic rings. The number of hydrogen-bond acceptors (Lipinski definition) is 3. The fraction of sp³-hybridized carbons (Fsp3) is 0.471. The van der Waals surface area contributed by atoms with Crippen LogP contribution in [0.25, 0.3) is 11.3 Å². The van der Waals surface area contributed by atoms with Crippen LogP contribution >= 0.6 is 0 Å². The first kappa shape index (κ1) is 16.2. The summed E-state index contributed by atoms with van der Waals surface area (Å²) in [5, 5.41) is 17.2. The topological polar surface area (TPSA) is 68.0 Å². The number of benzene rings is 1. The third-order valence-electron chi connectivity index (χ3n) is 3.50. The third-order valence-corrected chi connectivity index (χ3v) is 3.50. The number of nitrogens with zero attached hydrogens (tertiary/aromatic N) is 3. The van der Waals surface area contributed by atoms with Gasteiger partial charge in [-0.2, -0.15) is 0 Å². The molecule has 0 aliphatic carbocycles. The van der Waals surface area contributed by atoms with Crippen molar-refractivity contribution in [2.45, 2.75) is 46.6 Å². The minimum Gasteiger partial charge on any atom is -0.476 e. The number of carbonyl (C=O) groups is 1. The number of carboxylic acid groups (broad SMARTS) is 1. The van der Waals surface area contributed by atoms with E-state index in [1.165, 1.54) is 5.56 Å². The van der Waals surface area contributed by atoms with Gasteiger partial charge in [0.15, 0.2) is 5.69 Å². The summed E-state index contributed by atoms with van der Waals surface area (Å²) in [6.07, 6.45) is 0. The summed E-state index contributed by atoms with van der Waals surface area (Å²) in [6, 6.07) is 7.96. The number of rotatable bonds is 4. The van der Waals surface area contributed by atoms with Crippen molar-refractivity contribution in [1.29, 1.82) is 0 Å². The van der Waals surface area contributed by atoms with Crippen molar-refractivity contribution < 1.29 is 9.90 Å². The van der Waals surface area contributed by atoms with Crippen LogP contribution < -0.4 is 0 Å². The maximum absolute atomic E-state index is 11.4. The van der Waals surface area contributed by atoms with Gasteiger partial charge in [-0.1, -0.05) is 64.1 Å². The Morgan fingerprint density at radius 3 is 2.27 bits per heavy atom. The van der Waals surface area contributed by atoms with Crippen molar-refractivity contribution in [3.8, 4) is 11.3 Å². The molecule has 0 amide bonds. The van der Waals surface area contributed by atoms with Gasteiger partial charge in [-0.05, 0) is 16.9 Å². The first-order valence-electron chi connectivity index (χ1n) is 7.48. The first-order chi connectivity index (χ1) is 10.2. The average Bonchev–Trinajstić information content (AvgIpc) is 2.81. The number of carboxylic acids is 1. The third kappa shape index (κ3) is 3.35. The van der Waals surface area contributed by atoms with Gasteiger partial charge in [-0.25, -0.2) is 9.48 Å². The molecule has 1 aromatic heterocycles. The summed E-state index contributed by atoms with van der Waals surface area (Å²) < 4.78 is 1.68. The molecule has 0 radical (unpaired) electrons. The molecule has 1 N–H and O–H groups in total. The van der Waals surface area contributed by atoms with E-state index >= 15 is 0 Å². The molecule has 2 rings (SSSR count). The van der Waals surface area contributed by atoms with Crippen LogP contribution in [0.4, 0.5) is 0 Å². The highest BCUT2D eigenvalue weighted by Gasteiger charge is 2.21. The molecule has 0 bridgehead atoms. The van der Waals surface area contributed by atoms with Crippen molar-refractivity contribution in [2.24, 2.45) is 5.92 Å². The first-order valence-corrected chi connectivity index (χ1v) is 7.48. The fourth-order valence-corrected chi connectivity index (χ4v) is 2.34. The summed E-state index contributed by atoms with van der Waals surface area (Å²) in [5.74, 6) is -0.694. The van der Waals surface area contributed by atoms with Crippen molar-refractivity contribution in [1.82, 2.24) is 15.0 Å². The van der Waals surface area contributed by atoms with Crippen LogP contribution in [0.3, 0.4) is 0 Å². The number of aromatic nitrogens is 3. The maximum Gasteiger partial charge on any atom is 0.358 e. The standard InChI is InChI=1S/C17H23N3O2/c1-11(2)10-20-15(14(16(21)22)18-19-20)12-6-8-13(9-7-12)17(3,4)5/h6-9,11H,10H2,1-5H3,(H,21,22). The smallest absolute Gasteiger partial charge is 0.358 e. The molecule has 0 atom stereocenters. The summed E-state index contributed by atoms with van der Waals surface area (Å²) in [4.78, 5) is 11.4. The van der Waals surface area contributed by atoms with Gasteiger partial charge in [-0.15, -0.1) is 5.10 Å². The molecule has 1 heterocycles. The second-order valence-corrected chi connectivity index (χ2v) is 7.00. The van der Waals surface area contributed by atoms with E-state index in [0.29, 0.717) is 18.2 Å². The van der Waals surface area contributed by atoms with Gasteiger partial charge < -0.3 is 5.11 Å². The quantitative estimate of drug-likeness (QED) is 0.937. The predicted octanol–water partition coefficient (Wildman–Crippen LogP) is 3.60. The molecule has 0 fully saturated rings. The van der Waals surface area contributed by atoms with Crippen molar-refractivity contribution in [2.75, 3.05) is 0 Å². The fourth-order valence-electron chi connectivity index (χ4n) is 2.34. The van der Waals surface area contributed by atoms with Gasteiger partial charge in [0.2, 0.25) is 0 Å². The van der Waals surface area contributed by atoms with Crippen LogP contribution in [-0.2, 0) is 12.0 Å².